The lowest BCUT2D eigenvalue weighted by Crippen LogP contribution is -2.58. The number of quaternary nitrogens is 2. The van der Waals surface area contributed by atoms with Crippen molar-refractivity contribution in [3.63, 3.8) is 0 Å². The molecule has 0 fully saturated rings. The van der Waals surface area contributed by atoms with E-state index < -0.39 is 56.4 Å². The molecule has 0 aromatic rings. The van der Waals surface area contributed by atoms with E-state index in [0.717, 1.165) is 77.5 Å². The van der Waals surface area contributed by atoms with E-state index in [2.05, 4.69) is 9.47 Å². The smallest absolute Gasteiger partial charge is 0.376 e. The number of hydrogen-bond acceptors (Lipinski definition) is 4. The fraction of sp³-hybridized carbons (Fsp3) is 1.00. The predicted molar refractivity (Wildman–Crippen MR) is 150 cm³/mol. The van der Waals surface area contributed by atoms with Gasteiger partial charge in [0, 0.05) is 0 Å². The molecule has 2 atom stereocenters. The van der Waals surface area contributed by atoms with Crippen LogP contribution in [0.3, 0.4) is 0 Å². The topological polar surface area (TPSA) is 58.9 Å². The van der Waals surface area contributed by atoms with Crippen LogP contribution < -0.4 is 0 Å². The van der Waals surface area contributed by atoms with Gasteiger partial charge in [-0.05, 0) is 25.7 Å². The van der Waals surface area contributed by atoms with Gasteiger partial charge in [0.25, 0.3) is 0 Å². The van der Waals surface area contributed by atoms with Gasteiger partial charge >= 0.3 is 17.8 Å². The number of aliphatic hydroxyl groups is 2. The standard InChI is InChI=1S/C29H58F6N2O4/c1-7-11-15-36(5,16-12-8-2)19-25(38)21-40-23-27(30,31)29(34,35)28(32,33)24-41-22-26(39)20-37(6,17-13-9-3)18-14-10-4/h25-26,38-39H,7-24H2,1-6H3/q+2. The quantitative estimate of drug-likeness (QED) is 0.0967. The molecule has 41 heavy (non-hydrogen) atoms. The fourth-order valence-electron chi connectivity index (χ4n) is 4.97. The Hall–Kier alpha value is -0.660. The maximum absolute atomic E-state index is 14.3. The molecule has 0 aliphatic rings. The van der Waals surface area contributed by atoms with Crippen LogP contribution in [0, 0.1) is 0 Å². The number of rotatable bonds is 26. The van der Waals surface area contributed by atoms with Gasteiger partial charge in [0.1, 0.15) is 38.5 Å². The van der Waals surface area contributed by atoms with Crippen LogP contribution in [-0.4, -0.2) is 129 Å². The molecule has 0 saturated heterocycles. The maximum atomic E-state index is 14.3. The molecule has 0 spiro atoms. The Bertz CT molecular complexity index is 618. The van der Waals surface area contributed by atoms with Crippen LogP contribution in [-0.2, 0) is 9.47 Å². The third kappa shape index (κ3) is 14.6. The maximum Gasteiger partial charge on any atom is 0.376 e. The molecule has 0 saturated carbocycles. The van der Waals surface area contributed by atoms with Crippen molar-refractivity contribution in [2.75, 3.05) is 79.8 Å². The van der Waals surface area contributed by atoms with Crippen LogP contribution in [0.15, 0.2) is 0 Å². The number of ether oxygens (including phenoxy) is 2. The highest BCUT2D eigenvalue weighted by Crippen LogP contribution is 2.46. The number of likely N-dealkylation sites (N-methyl/N-ethyl adjacent to an activating group) is 2. The molecule has 6 nitrogen and oxygen atoms in total. The van der Waals surface area contributed by atoms with Gasteiger partial charge in [-0.3, -0.25) is 0 Å². The summed E-state index contributed by atoms with van der Waals surface area (Å²) in [5.74, 6) is -16.2. The van der Waals surface area contributed by atoms with Crippen molar-refractivity contribution in [1.29, 1.82) is 0 Å². The molecule has 0 aromatic carbocycles. The molecule has 0 radical (unpaired) electrons. The van der Waals surface area contributed by atoms with Crippen molar-refractivity contribution in [1.82, 2.24) is 0 Å². The normalized spacial score (nSPS) is 15.4. The Morgan fingerprint density at radius 2 is 0.829 bits per heavy atom. The van der Waals surface area contributed by atoms with Crippen LogP contribution in [0.25, 0.3) is 0 Å². The lowest BCUT2D eigenvalue weighted by Gasteiger charge is -2.37. The van der Waals surface area contributed by atoms with Gasteiger partial charge in [0.15, 0.2) is 0 Å². The van der Waals surface area contributed by atoms with Crippen molar-refractivity contribution >= 4 is 0 Å². The summed E-state index contributed by atoms with van der Waals surface area (Å²) >= 11 is 0. The van der Waals surface area contributed by atoms with E-state index in [4.69, 9.17) is 0 Å². The van der Waals surface area contributed by atoms with E-state index in [-0.39, 0.29) is 13.1 Å². The first-order chi connectivity index (χ1) is 18.9. The Labute approximate surface area is 244 Å². The van der Waals surface area contributed by atoms with Crippen molar-refractivity contribution in [3.8, 4) is 0 Å². The highest BCUT2D eigenvalue weighted by molar-refractivity contribution is 4.96. The fourth-order valence-corrected chi connectivity index (χ4v) is 4.97. The molecule has 0 aliphatic heterocycles. The second-order valence-electron chi connectivity index (χ2n) is 12.2. The highest BCUT2D eigenvalue weighted by Gasteiger charge is 2.71. The Morgan fingerprint density at radius 3 is 1.07 bits per heavy atom. The number of unbranched alkanes of at least 4 members (excludes halogenated alkanes) is 4. The van der Waals surface area contributed by atoms with Gasteiger partial charge in [0.05, 0.1) is 53.5 Å². The average Bonchev–Trinajstić information content (AvgIpc) is 2.88. The molecule has 2 N–H and O–H groups in total. The van der Waals surface area contributed by atoms with Crippen molar-refractivity contribution < 1.29 is 55.0 Å². The summed E-state index contributed by atoms with van der Waals surface area (Å²) in [7, 11) is 3.84. The average molecular weight is 613 g/mol. The predicted octanol–water partition coefficient (Wildman–Crippen LogP) is 5.74. The van der Waals surface area contributed by atoms with Crippen LogP contribution in [0.2, 0.25) is 0 Å². The molecule has 248 valence electrons. The minimum atomic E-state index is -5.77. The number of aliphatic hydroxyl groups excluding tert-OH is 2. The molecule has 0 aromatic heterocycles. The molecule has 0 amide bonds. The molecular formula is C29H58F6N2O4+2. The lowest BCUT2D eigenvalue weighted by molar-refractivity contribution is -0.913. The zero-order chi connectivity index (χ0) is 31.8. The highest BCUT2D eigenvalue weighted by atomic mass is 19.3. The lowest BCUT2D eigenvalue weighted by atomic mass is 10.1. The van der Waals surface area contributed by atoms with Gasteiger partial charge in [-0.2, -0.15) is 26.3 Å². The molecule has 2 unspecified atom stereocenters. The Balaban J connectivity index is 4.98. The van der Waals surface area contributed by atoms with Crippen molar-refractivity contribution in [2.45, 2.75) is 109 Å². The summed E-state index contributed by atoms with van der Waals surface area (Å²) in [5, 5.41) is 20.6. The summed E-state index contributed by atoms with van der Waals surface area (Å²) in [6, 6.07) is 0. The number of alkyl halides is 6. The van der Waals surface area contributed by atoms with E-state index in [1.807, 2.05) is 41.8 Å². The molecular weight excluding hydrogens is 554 g/mol. The third-order valence-corrected chi connectivity index (χ3v) is 7.61. The molecule has 0 rings (SSSR count). The SMILES string of the molecule is CCCC[N+](C)(CCCC)CC(O)COCC(F)(F)C(F)(F)C(F)(F)COCC(O)C[N+](C)(CCCC)CCCC. The van der Waals surface area contributed by atoms with E-state index in [1.54, 1.807) is 0 Å². The van der Waals surface area contributed by atoms with Gasteiger partial charge < -0.3 is 28.7 Å². The van der Waals surface area contributed by atoms with Gasteiger partial charge in [-0.15, -0.1) is 0 Å². The minimum absolute atomic E-state index is 0.170. The molecule has 0 bridgehead atoms. The van der Waals surface area contributed by atoms with Gasteiger partial charge in [0.2, 0.25) is 0 Å². The number of halogens is 6. The van der Waals surface area contributed by atoms with Crippen molar-refractivity contribution in [3.05, 3.63) is 0 Å². The first kappa shape index (κ1) is 40.3. The summed E-state index contributed by atoms with van der Waals surface area (Å²) in [6.45, 7) is 6.10. The van der Waals surface area contributed by atoms with Crippen LogP contribution in [0.4, 0.5) is 26.3 Å². The number of hydrogen-bond donors (Lipinski definition) is 2. The van der Waals surface area contributed by atoms with Crippen LogP contribution in [0.1, 0.15) is 79.1 Å². The van der Waals surface area contributed by atoms with Crippen LogP contribution in [0.5, 0.6) is 0 Å². The summed E-state index contributed by atoms with van der Waals surface area (Å²) in [4.78, 5) is 0. The first-order valence-electron chi connectivity index (χ1n) is 15.3. The second kappa shape index (κ2) is 18.9. The van der Waals surface area contributed by atoms with Gasteiger partial charge in [-0.25, -0.2) is 0 Å². The van der Waals surface area contributed by atoms with Crippen molar-refractivity contribution in [2.24, 2.45) is 0 Å². The zero-order valence-electron chi connectivity index (χ0n) is 26.3. The molecule has 0 aliphatic carbocycles. The second-order valence-corrected chi connectivity index (χ2v) is 12.2. The summed E-state index contributed by atoms with van der Waals surface area (Å²) < 4.78 is 96.2. The van der Waals surface area contributed by atoms with E-state index >= 15 is 0 Å². The van der Waals surface area contributed by atoms with E-state index in [1.165, 1.54) is 0 Å². The minimum Gasteiger partial charge on any atom is -0.385 e. The summed E-state index contributed by atoms with van der Waals surface area (Å²) in [6.07, 6.45) is 4.85. The first-order valence-corrected chi connectivity index (χ1v) is 15.3. The Morgan fingerprint density at radius 1 is 0.561 bits per heavy atom. The third-order valence-electron chi connectivity index (χ3n) is 7.61. The largest absolute Gasteiger partial charge is 0.385 e. The molecule has 12 heteroatoms. The van der Waals surface area contributed by atoms with Gasteiger partial charge in [-0.1, -0.05) is 53.4 Å². The number of nitrogens with zero attached hydrogens (tertiary/aromatic N) is 2. The van der Waals surface area contributed by atoms with Crippen LogP contribution >= 0.6 is 0 Å². The van der Waals surface area contributed by atoms with E-state index in [9.17, 15) is 36.6 Å². The zero-order valence-corrected chi connectivity index (χ0v) is 26.3. The molecule has 0 heterocycles. The van der Waals surface area contributed by atoms with E-state index in [0.29, 0.717) is 8.97 Å². The summed E-state index contributed by atoms with van der Waals surface area (Å²) in [5.41, 5.74) is 0. The monoisotopic (exact) mass is 612 g/mol. The Kier molecular flexibility index (Phi) is 18.6.